The number of imidazole rings is 1. The van der Waals surface area contributed by atoms with Crippen LogP contribution in [0.4, 0.5) is 0 Å². The number of hydrogen-bond acceptors (Lipinski definition) is 4. The molecule has 0 spiro atoms. The molecule has 2 aromatic heterocycles. The van der Waals surface area contributed by atoms with Crippen molar-refractivity contribution in [3.05, 3.63) is 34.7 Å². The maximum Gasteiger partial charge on any atom is 0.158 e. The Morgan fingerprint density at radius 1 is 1.38 bits per heavy atom. The minimum atomic E-state index is 0.579. The van der Waals surface area contributed by atoms with Crippen molar-refractivity contribution in [2.45, 2.75) is 0 Å². The van der Waals surface area contributed by atoms with Crippen LogP contribution in [0, 0.1) is 11.3 Å². The molecule has 3 rings (SSSR count). The molecule has 0 aliphatic heterocycles. The topological polar surface area (TPSA) is 65.4 Å². The Kier molecular flexibility index (Phi) is 1.95. The minimum absolute atomic E-state index is 0.579. The van der Waals surface area contributed by atoms with Crippen molar-refractivity contribution in [3.8, 4) is 17.6 Å². The van der Waals surface area contributed by atoms with E-state index in [-0.39, 0.29) is 0 Å². The SMILES string of the molecule is N#Cc1cccc2[nH]c(-c3cscn3)nc12. The van der Waals surface area contributed by atoms with Gasteiger partial charge in [0.25, 0.3) is 0 Å². The summed E-state index contributed by atoms with van der Waals surface area (Å²) in [6, 6.07) is 7.63. The van der Waals surface area contributed by atoms with Crippen molar-refractivity contribution < 1.29 is 0 Å². The van der Waals surface area contributed by atoms with Crippen LogP contribution in [0.5, 0.6) is 0 Å². The van der Waals surface area contributed by atoms with E-state index in [0.29, 0.717) is 16.9 Å². The summed E-state index contributed by atoms with van der Waals surface area (Å²) in [5.41, 5.74) is 4.71. The highest BCUT2D eigenvalue weighted by molar-refractivity contribution is 7.07. The number of benzene rings is 1. The van der Waals surface area contributed by atoms with Gasteiger partial charge in [-0.1, -0.05) is 6.07 Å². The predicted octanol–water partition coefficient (Wildman–Crippen LogP) is 2.56. The fraction of sp³-hybridized carbons (Fsp3) is 0. The molecule has 0 aliphatic rings. The van der Waals surface area contributed by atoms with Crippen LogP contribution in [0.3, 0.4) is 0 Å². The fourth-order valence-corrected chi connectivity index (χ4v) is 2.11. The molecule has 0 saturated carbocycles. The van der Waals surface area contributed by atoms with E-state index in [1.807, 2.05) is 17.5 Å². The van der Waals surface area contributed by atoms with Crippen molar-refractivity contribution in [3.63, 3.8) is 0 Å². The van der Waals surface area contributed by atoms with Gasteiger partial charge in [0, 0.05) is 5.38 Å². The third-order valence-corrected chi connectivity index (χ3v) is 2.89. The average Bonchev–Trinajstić information content (AvgIpc) is 2.96. The quantitative estimate of drug-likeness (QED) is 0.693. The molecule has 3 aromatic rings. The normalized spacial score (nSPS) is 10.4. The van der Waals surface area contributed by atoms with Crippen LogP contribution in [0.15, 0.2) is 29.1 Å². The van der Waals surface area contributed by atoms with Crippen LogP contribution >= 0.6 is 11.3 Å². The number of nitrogens with one attached hydrogen (secondary N) is 1. The summed E-state index contributed by atoms with van der Waals surface area (Å²) in [7, 11) is 0. The lowest BCUT2D eigenvalue weighted by atomic mass is 10.2. The van der Waals surface area contributed by atoms with Gasteiger partial charge in [0.15, 0.2) is 5.82 Å². The second kappa shape index (κ2) is 3.43. The van der Waals surface area contributed by atoms with E-state index in [1.165, 1.54) is 11.3 Å². The van der Waals surface area contributed by atoms with Crippen LogP contribution in [-0.4, -0.2) is 15.0 Å². The largest absolute Gasteiger partial charge is 0.337 e. The molecule has 0 atom stereocenters. The van der Waals surface area contributed by atoms with Crippen molar-refractivity contribution in [2.24, 2.45) is 0 Å². The number of nitriles is 1. The Bertz CT molecular complexity index is 676. The Balaban J connectivity index is 2.28. The summed E-state index contributed by atoms with van der Waals surface area (Å²) in [6.45, 7) is 0. The van der Waals surface area contributed by atoms with Gasteiger partial charge in [0.1, 0.15) is 17.3 Å². The van der Waals surface area contributed by atoms with Crippen LogP contribution in [-0.2, 0) is 0 Å². The Hall–Kier alpha value is -2.19. The van der Waals surface area contributed by atoms with Crippen LogP contribution < -0.4 is 0 Å². The second-order valence-corrected chi connectivity index (χ2v) is 3.99. The summed E-state index contributed by atoms with van der Waals surface area (Å²) in [4.78, 5) is 11.7. The highest BCUT2D eigenvalue weighted by Gasteiger charge is 2.09. The molecule has 1 N–H and O–H groups in total. The lowest BCUT2D eigenvalue weighted by molar-refractivity contribution is 1.27. The molecule has 16 heavy (non-hydrogen) atoms. The molecule has 4 nitrogen and oxygen atoms in total. The third-order valence-electron chi connectivity index (χ3n) is 2.31. The van der Waals surface area contributed by atoms with Gasteiger partial charge in [0.05, 0.1) is 16.6 Å². The second-order valence-electron chi connectivity index (χ2n) is 3.27. The zero-order valence-electron chi connectivity index (χ0n) is 8.14. The smallest absolute Gasteiger partial charge is 0.158 e. The van der Waals surface area contributed by atoms with Gasteiger partial charge in [0.2, 0.25) is 0 Å². The zero-order valence-corrected chi connectivity index (χ0v) is 8.95. The standard InChI is InChI=1S/C11H6N4S/c12-4-7-2-1-3-8-10(7)15-11(14-8)9-5-16-6-13-9/h1-3,5-6H,(H,14,15). The predicted molar refractivity (Wildman–Crippen MR) is 61.9 cm³/mol. The minimum Gasteiger partial charge on any atom is -0.337 e. The summed E-state index contributed by atoms with van der Waals surface area (Å²) in [5.74, 6) is 0.707. The van der Waals surface area contributed by atoms with Gasteiger partial charge in [-0.3, -0.25) is 0 Å². The first-order valence-corrected chi connectivity index (χ1v) is 5.60. The molecule has 0 aliphatic carbocycles. The zero-order chi connectivity index (χ0) is 11.0. The van der Waals surface area contributed by atoms with Crippen molar-refractivity contribution in [1.29, 1.82) is 5.26 Å². The molecule has 76 valence electrons. The molecular formula is C11H6N4S. The monoisotopic (exact) mass is 226 g/mol. The first kappa shape index (κ1) is 9.07. The van der Waals surface area contributed by atoms with Crippen molar-refractivity contribution in [1.82, 2.24) is 15.0 Å². The number of para-hydroxylation sites is 1. The maximum atomic E-state index is 8.96. The number of nitrogens with zero attached hydrogens (tertiary/aromatic N) is 3. The molecule has 0 amide bonds. The van der Waals surface area contributed by atoms with Crippen molar-refractivity contribution in [2.75, 3.05) is 0 Å². The first-order valence-electron chi connectivity index (χ1n) is 4.66. The lowest BCUT2D eigenvalue weighted by Crippen LogP contribution is -1.78. The van der Waals surface area contributed by atoms with Gasteiger partial charge >= 0.3 is 0 Å². The summed E-state index contributed by atoms with van der Waals surface area (Å²) >= 11 is 1.52. The van der Waals surface area contributed by atoms with Crippen molar-refractivity contribution >= 4 is 22.4 Å². The van der Waals surface area contributed by atoms with E-state index in [1.54, 1.807) is 11.6 Å². The van der Waals surface area contributed by atoms with E-state index < -0.39 is 0 Å². The molecule has 2 heterocycles. The van der Waals surface area contributed by atoms with E-state index in [9.17, 15) is 0 Å². The maximum absolute atomic E-state index is 8.96. The molecule has 1 aromatic carbocycles. The number of hydrogen-bond donors (Lipinski definition) is 1. The fourth-order valence-electron chi connectivity index (χ4n) is 1.57. The Morgan fingerprint density at radius 3 is 3.06 bits per heavy atom. The van der Waals surface area contributed by atoms with Gasteiger partial charge in [-0.05, 0) is 12.1 Å². The summed E-state index contributed by atoms with van der Waals surface area (Å²) in [6.07, 6.45) is 0. The number of H-pyrrole nitrogens is 1. The van der Waals surface area contributed by atoms with Crippen LogP contribution in [0.2, 0.25) is 0 Å². The van der Waals surface area contributed by atoms with Crippen LogP contribution in [0.1, 0.15) is 5.56 Å². The molecular weight excluding hydrogens is 220 g/mol. The lowest BCUT2D eigenvalue weighted by Gasteiger charge is -1.87. The summed E-state index contributed by atoms with van der Waals surface area (Å²) < 4.78 is 0. The Morgan fingerprint density at radius 2 is 2.31 bits per heavy atom. The number of aromatic amines is 1. The van der Waals surface area contributed by atoms with E-state index >= 15 is 0 Å². The molecule has 0 fully saturated rings. The highest BCUT2D eigenvalue weighted by Crippen LogP contribution is 2.22. The van der Waals surface area contributed by atoms with E-state index in [4.69, 9.17) is 5.26 Å². The van der Waals surface area contributed by atoms with Crippen LogP contribution in [0.25, 0.3) is 22.6 Å². The third kappa shape index (κ3) is 1.28. The molecule has 0 saturated heterocycles. The highest BCUT2D eigenvalue weighted by atomic mass is 32.1. The number of aromatic nitrogens is 3. The molecule has 0 radical (unpaired) electrons. The molecule has 0 bridgehead atoms. The number of thiazole rings is 1. The van der Waals surface area contributed by atoms with E-state index in [2.05, 4.69) is 21.0 Å². The van der Waals surface area contributed by atoms with Gasteiger partial charge in [-0.25, -0.2) is 9.97 Å². The average molecular weight is 226 g/mol. The number of fused-ring (bicyclic) bond motifs is 1. The molecule has 0 unspecified atom stereocenters. The Labute approximate surface area is 95.2 Å². The first-order chi connectivity index (χ1) is 7.88. The van der Waals surface area contributed by atoms with Gasteiger partial charge in [-0.15, -0.1) is 11.3 Å². The van der Waals surface area contributed by atoms with Gasteiger partial charge in [-0.2, -0.15) is 5.26 Å². The molecule has 5 heteroatoms. The van der Waals surface area contributed by atoms with E-state index in [0.717, 1.165) is 11.2 Å². The van der Waals surface area contributed by atoms with Gasteiger partial charge < -0.3 is 4.98 Å². The number of rotatable bonds is 1. The summed E-state index contributed by atoms with van der Waals surface area (Å²) in [5, 5.41) is 10.9.